The van der Waals surface area contributed by atoms with Crippen molar-refractivity contribution in [2.24, 2.45) is 0 Å². The Bertz CT molecular complexity index is 930. The lowest BCUT2D eigenvalue weighted by molar-refractivity contribution is 0.170. The first kappa shape index (κ1) is 23.9. The van der Waals surface area contributed by atoms with Crippen LogP contribution in [0.3, 0.4) is 0 Å². The Hall–Kier alpha value is -2.78. The molecule has 3 rings (SSSR count). The molecule has 0 aromatic heterocycles. The smallest absolute Gasteiger partial charge is 0.123 e. The number of benzene rings is 3. The van der Waals surface area contributed by atoms with Crippen LogP contribution >= 0.6 is 0 Å². The maximum absolute atomic E-state index is 6.36. The van der Waals surface area contributed by atoms with Crippen molar-refractivity contribution in [1.82, 2.24) is 4.90 Å². The van der Waals surface area contributed by atoms with Gasteiger partial charge < -0.3 is 9.47 Å². The fourth-order valence-electron chi connectivity index (χ4n) is 4.37. The summed E-state index contributed by atoms with van der Waals surface area (Å²) in [6.45, 7) is 10.7. The van der Waals surface area contributed by atoms with Gasteiger partial charge >= 0.3 is 0 Å². The zero-order valence-electron chi connectivity index (χ0n) is 20.1. The van der Waals surface area contributed by atoms with Gasteiger partial charge in [-0.2, -0.15) is 0 Å². The second kappa shape index (κ2) is 11.7. The zero-order valence-corrected chi connectivity index (χ0v) is 20.1. The molecule has 1 unspecified atom stereocenters. The second-order valence-electron chi connectivity index (χ2n) is 8.86. The summed E-state index contributed by atoms with van der Waals surface area (Å²) in [6.07, 6.45) is 1.01. The highest BCUT2D eigenvalue weighted by Crippen LogP contribution is 2.37. The van der Waals surface area contributed by atoms with Crippen LogP contribution in [0.4, 0.5) is 0 Å². The predicted molar refractivity (Wildman–Crippen MR) is 134 cm³/mol. The molecule has 3 aromatic rings. The summed E-state index contributed by atoms with van der Waals surface area (Å²) in [5.74, 6) is 2.00. The molecule has 3 aromatic carbocycles. The van der Waals surface area contributed by atoms with Gasteiger partial charge in [0.15, 0.2) is 0 Å². The Labute approximate surface area is 194 Å². The summed E-state index contributed by atoms with van der Waals surface area (Å²) >= 11 is 0. The summed E-state index contributed by atoms with van der Waals surface area (Å²) in [5, 5.41) is 0. The van der Waals surface area contributed by atoms with Gasteiger partial charge in [0, 0.05) is 23.6 Å². The van der Waals surface area contributed by atoms with Crippen LogP contribution in [-0.4, -0.2) is 30.6 Å². The van der Waals surface area contributed by atoms with Gasteiger partial charge in [-0.25, -0.2) is 0 Å². The Kier molecular flexibility index (Phi) is 8.75. The van der Waals surface area contributed by atoms with Gasteiger partial charge in [-0.05, 0) is 70.0 Å². The minimum Gasteiger partial charge on any atom is -0.497 e. The van der Waals surface area contributed by atoms with Crippen LogP contribution in [0.5, 0.6) is 11.5 Å². The van der Waals surface area contributed by atoms with Gasteiger partial charge in [0.25, 0.3) is 0 Å². The first-order valence-corrected chi connectivity index (χ1v) is 11.6. The van der Waals surface area contributed by atoms with Crippen LogP contribution in [-0.2, 0) is 6.61 Å². The minimum atomic E-state index is 0.220. The summed E-state index contributed by atoms with van der Waals surface area (Å²) in [7, 11) is 1.72. The summed E-state index contributed by atoms with van der Waals surface area (Å²) in [5.41, 5.74) is 3.65. The van der Waals surface area contributed by atoms with Gasteiger partial charge in [-0.15, -0.1) is 0 Å². The molecule has 0 spiro atoms. The van der Waals surface area contributed by atoms with Gasteiger partial charge in [0.05, 0.1) is 7.11 Å². The third-order valence-corrected chi connectivity index (χ3v) is 6.03. The molecule has 3 nitrogen and oxygen atoms in total. The molecule has 0 amide bonds. The van der Waals surface area contributed by atoms with E-state index in [2.05, 4.69) is 87.2 Å². The van der Waals surface area contributed by atoms with Gasteiger partial charge in [0.2, 0.25) is 0 Å². The van der Waals surface area contributed by atoms with Crippen molar-refractivity contribution in [3.63, 3.8) is 0 Å². The number of hydrogen-bond donors (Lipinski definition) is 0. The average molecular weight is 432 g/mol. The average Bonchev–Trinajstić information content (AvgIpc) is 2.81. The summed E-state index contributed by atoms with van der Waals surface area (Å²) < 4.78 is 12.0. The topological polar surface area (TPSA) is 21.7 Å². The maximum Gasteiger partial charge on any atom is 0.123 e. The number of hydrogen-bond acceptors (Lipinski definition) is 3. The fraction of sp³-hybridized carbons (Fsp3) is 0.379. The van der Waals surface area contributed by atoms with E-state index in [4.69, 9.17) is 9.47 Å². The molecule has 3 heteroatoms. The van der Waals surface area contributed by atoms with Crippen molar-refractivity contribution >= 4 is 0 Å². The second-order valence-corrected chi connectivity index (χ2v) is 8.86. The van der Waals surface area contributed by atoms with E-state index in [1.165, 1.54) is 11.1 Å². The Balaban J connectivity index is 1.94. The minimum absolute atomic E-state index is 0.220. The first-order chi connectivity index (χ1) is 15.5. The number of ether oxygens (including phenoxy) is 2. The van der Waals surface area contributed by atoms with E-state index in [9.17, 15) is 0 Å². The van der Waals surface area contributed by atoms with E-state index >= 15 is 0 Å². The van der Waals surface area contributed by atoms with Crippen molar-refractivity contribution in [1.29, 1.82) is 0 Å². The van der Waals surface area contributed by atoms with E-state index in [0.29, 0.717) is 18.7 Å². The maximum atomic E-state index is 6.36. The van der Waals surface area contributed by atoms with Crippen molar-refractivity contribution in [2.45, 2.75) is 58.7 Å². The molecule has 32 heavy (non-hydrogen) atoms. The van der Waals surface area contributed by atoms with Gasteiger partial charge in [-0.1, -0.05) is 60.7 Å². The molecule has 0 heterocycles. The van der Waals surface area contributed by atoms with E-state index in [-0.39, 0.29) is 5.92 Å². The molecule has 0 aliphatic rings. The van der Waals surface area contributed by atoms with E-state index < -0.39 is 0 Å². The zero-order chi connectivity index (χ0) is 22.9. The van der Waals surface area contributed by atoms with Crippen LogP contribution < -0.4 is 9.47 Å². The number of rotatable bonds is 11. The highest BCUT2D eigenvalue weighted by molar-refractivity contribution is 5.46. The third-order valence-electron chi connectivity index (χ3n) is 6.03. The predicted octanol–water partition coefficient (Wildman–Crippen LogP) is 6.92. The third kappa shape index (κ3) is 6.37. The van der Waals surface area contributed by atoms with Crippen molar-refractivity contribution < 1.29 is 9.47 Å². The Morgan fingerprint density at radius 1 is 0.781 bits per heavy atom. The van der Waals surface area contributed by atoms with Crippen LogP contribution in [0.15, 0.2) is 78.9 Å². The normalized spacial score (nSPS) is 12.4. The largest absolute Gasteiger partial charge is 0.497 e. The van der Waals surface area contributed by atoms with Crippen molar-refractivity contribution in [2.75, 3.05) is 13.7 Å². The lowest BCUT2D eigenvalue weighted by atomic mass is 9.87. The Morgan fingerprint density at radius 2 is 1.41 bits per heavy atom. The molecule has 0 saturated heterocycles. The van der Waals surface area contributed by atoms with Crippen LogP contribution in [0.25, 0.3) is 0 Å². The first-order valence-electron chi connectivity index (χ1n) is 11.6. The van der Waals surface area contributed by atoms with E-state index in [1.54, 1.807) is 7.11 Å². The van der Waals surface area contributed by atoms with Crippen LogP contribution in [0.1, 0.15) is 56.7 Å². The monoisotopic (exact) mass is 431 g/mol. The molecule has 0 fully saturated rings. The van der Waals surface area contributed by atoms with E-state index in [1.807, 2.05) is 24.3 Å². The van der Waals surface area contributed by atoms with Gasteiger partial charge in [0.1, 0.15) is 18.1 Å². The van der Waals surface area contributed by atoms with Crippen molar-refractivity contribution in [3.05, 3.63) is 95.6 Å². The molecule has 170 valence electrons. The summed E-state index contributed by atoms with van der Waals surface area (Å²) in [6, 6.07) is 28.3. The standard InChI is InChI=1S/C29H37NO2/c1-22(2)30(23(3)4)19-18-27(25-14-10-7-11-15-25)28-20-26(31-5)16-17-29(28)32-21-24-12-8-6-9-13-24/h6-17,20,22-23,27H,18-19,21H2,1-5H3. The highest BCUT2D eigenvalue weighted by Gasteiger charge is 2.22. The quantitative estimate of drug-likeness (QED) is 0.329. The molecule has 1 atom stereocenters. The number of nitrogens with zero attached hydrogens (tertiary/aromatic N) is 1. The molecule has 0 radical (unpaired) electrons. The molecule has 0 saturated carbocycles. The van der Waals surface area contributed by atoms with Crippen LogP contribution in [0, 0.1) is 0 Å². The SMILES string of the molecule is COc1ccc(OCc2ccccc2)c(C(CCN(C(C)C)C(C)C)c2ccccc2)c1. The lowest BCUT2D eigenvalue weighted by Crippen LogP contribution is -2.38. The molecular weight excluding hydrogens is 394 g/mol. The molecule has 0 bridgehead atoms. The van der Waals surface area contributed by atoms with Gasteiger partial charge in [-0.3, -0.25) is 4.90 Å². The molecule has 0 aliphatic heterocycles. The number of methoxy groups -OCH3 is 1. The van der Waals surface area contributed by atoms with E-state index in [0.717, 1.165) is 30.0 Å². The molecular formula is C29H37NO2. The molecule has 0 aliphatic carbocycles. The lowest BCUT2D eigenvalue weighted by Gasteiger charge is -2.32. The fourth-order valence-corrected chi connectivity index (χ4v) is 4.37. The highest BCUT2D eigenvalue weighted by atomic mass is 16.5. The molecule has 0 N–H and O–H groups in total. The Morgan fingerprint density at radius 3 is 2.00 bits per heavy atom. The van der Waals surface area contributed by atoms with Crippen LogP contribution in [0.2, 0.25) is 0 Å². The summed E-state index contributed by atoms with van der Waals surface area (Å²) in [4.78, 5) is 2.56. The van der Waals surface area contributed by atoms with Crippen molar-refractivity contribution in [3.8, 4) is 11.5 Å².